The van der Waals surface area contributed by atoms with Crippen LogP contribution in [0.5, 0.6) is 0 Å². The van der Waals surface area contributed by atoms with Crippen molar-refractivity contribution < 1.29 is 97.0 Å². The molecule has 0 saturated heterocycles. The van der Waals surface area contributed by atoms with Crippen molar-refractivity contribution in [3.63, 3.8) is 0 Å². The molecule has 0 saturated carbocycles. The number of aliphatic carboxylic acids is 4. The van der Waals surface area contributed by atoms with Crippen LogP contribution in [0.4, 0.5) is 52.7 Å². The van der Waals surface area contributed by atoms with Crippen molar-refractivity contribution in [3.05, 3.63) is 77.6 Å². The van der Waals surface area contributed by atoms with Crippen LogP contribution in [0.25, 0.3) is 0 Å². The summed E-state index contributed by atoms with van der Waals surface area (Å²) in [5, 5.41) is 36.7. The number of nitrogens with zero attached hydrogens (tertiary/aromatic N) is 4. The molecule has 0 fully saturated rings. The summed E-state index contributed by atoms with van der Waals surface area (Å²) in [6, 6.07) is 9.98. The van der Waals surface area contributed by atoms with E-state index < -0.39 is 48.6 Å². The lowest BCUT2D eigenvalue weighted by Gasteiger charge is -2.22. The second-order valence-electron chi connectivity index (χ2n) is 9.37. The molecule has 5 N–H and O–H groups in total. The van der Waals surface area contributed by atoms with Crippen LogP contribution >= 0.6 is 0 Å². The number of carboxylic acids is 4. The number of ether oxygens (including phenoxy) is 1. The first kappa shape index (κ1) is 47.5. The van der Waals surface area contributed by atoms with Gasteiger partial charge in [0.1, 0.15) is 6.10 Å². The van der Waals surface area contributed by atoms with Crippen molar-refractivity contribution in [3.8, 4) is 0 Å². The molecule has 0 aliphatic carbocycles. The number of halogens is 12. The van der Waals surface area contributed by atoms with E-state index in [2.05, 4.69) is 21.5 Å². The SMILES string of the molecule is O=C(O)C(F)(F)F.O=C(O)C(F)(F)F.O=C(O)C(F)(F)F.O=C(O)C(F)(F)F.c1ccc(Cn2cc3c(n2)C(CNCc2ccncc2)OCC3)nc1. The smallest absolute Gasteiger partial charge is 0.475 e. The summed E-state index contributed by atoms with van der Waals surface area (Å²) in [5.74, 6) is -11.0. The summed E-state index contributed by atoms with van der Waals surface area (Å²) < 4.78 is 135. The van der Waals surface area contributed by atoms with Crippen molar-refractivity contribution in [1.29, 1.82) is 0 Å². The lowest BCUT2D eigenvalue weighted by molar-refractivity contribution is -0.193. The van der Waals surface area contributed by atoms with Gasteiger partial charge in [-0.3, -0.25) is 14.6 Å². The summed E-state index contributed by atoms with van der Waals surface area (Å²) >= 11 is 0. The highest BCUT2D eigenvalue weighted by Crippen LogP contribution is 2.25. The Balaban J connectivity index is 0.000000791. The van der Waals surface area contributed by atoms with Gasteiger partial charge in [0.15, 0.2) is 0 Å². The van der Waals surface area contributed by atoms with E-state index >= 15 is 0 Å². The number of fused-ring (bicyclic) bond motifs is 1. The van der Waals surface area contributed by atoms with E-state index in [4.69, 9.17) is 49.4 Å². The average Bonchev–Trinajstić information content (AvgIpc) is 3.45. The summed E-state index contributed by atoms with van der Waals surface area (Å²) in [6.45, 7) is 2.97. The minimum absolute atomic E-state index is 0.00410. The maximum absolute atomic E-state index is 10.6. The van der Waals surface area contributed by atoms with Crippen molar-refractivity contribution in [2.24, 2.45) is 0 Å². The van der Waals surface area contributed by atoms with E-state index in [0.29, 0.717) is 6.54 Å². The first-order chi connectivity index (χ1) is 24.2. The van der Waals surface area contributed by atoms with Gasteiger partial charge < -0.3 is 30.5 Å². The number of carboxylic acid groups (broad SMARTS) is 4. The normalized spacial score (nSPS) is 13.8. The number of aromatic nitrogens is 4. The zero-order chi connectivity index (χ0) is 41.2. The van der Waals surface area contributed by atoms with E-state index in [1.165, 1.54) is 11.1 Å². The number of nitrogens with one attached hydrogen (secondary N) is 1. The Morgan fingerprint density at radius 2 is 1.19 bits per heavy atom. The lowest BCUT2D eigenvalue weighted by atomic mass is 10.1. The molecule has 4 rings (SSSR count). The van der Waals surface area contributed by atoms with Gasteiger partial charge in [0.2, 0.25) is 0 Å². The molecule has 53 heavy (non-hydrogen) atoms. The van der Waals surface area contributed by atoms with Crippen LogP contribution < -0.4 is 5.32 Å². The van der Waals surface area contributed by atoms with Gasteiger partial charge >= 0.3 is 48.6 Å². The van der Waals surface area contributed by atoms with Gasteiger partial charge in [-0.25, -0.2) is 19.2 Å². The molecule has 1 aliphatic heterocycles. The van der Waals surface area contributed by atoms with E-state index in [9.17, 15) is 52.7 Å². The molecule has 26 heteroatoms. The monoisotopic (exact) mass is 791 g/mol. The lowest BCUT2D eigenvalue weighted by Crippen LogP contribution is -2.27. The Labute approximate surface area is 287 Å². The predicted octanol–water partition coefficient (Wildman–Crippen LogP) is 4.66. The van der Waals surface area contributed by atoms with Crippen LogP contribution in [0, 0.1) is 0 Å². The molecule has 4 heterocycles. The molecule has 14 nitrogen and oxygen atoms in total. The molecule has 0 amide bonds. The van der Waals surface area contributed by atoms with Crippen LogP contribution in [-0.4, -0.2) is 102 Å². The largest absolute Gasteiger partial charge is 0.490 e. The highest BCUT2D eigenvalue weighted by Gasteiger charge is 2.40. The molecule has 3 aromatic heterocycles. The highest BCUT2D eigenvalue weighted by molar-refractivity contribution is 5.74. The summed E-state index contributed by atoms with van der Waals surface area (Å²) in [6.07, 6.45) is -11.9. The standard InChI is InChI=1S/C19H21N5O.4C2HF3O2/c1-2-7-22-17(3-1)14-24-13-16-6-10-25-18(19(16)23-24)12-21-11-15-4-8-20-9-5-15;4*3-2(4,5)1(6)7/h1-5,7-9,13,18,21H,6,10-12,14H2;4*(H,6,7). The highest BCUT2D eigenvalue weighted by atomic mass is 19.4. The number of carbonyl (C=O) groups is 4. The van der Waals surface area contributed by atoms with E-state index in [1.807, 2.05) is 53.6 Å². The molecule has 0 aromatic carbocycles. The minimum atomic E-state index is -5.08. The molecule has 3 aromatic rings. The Bertz CT molecular complexity index is 1490. The molecule has 296 valence electrons. The number of hydrogen-bond acceptors (Lipinski definition) is 9. The third kappa shape index (κ3) is 20.8. The number of alkyl halides is 12. The van der Waals surface area contributed by atoms with Crippen LogP contribution in [-0.2, 0) is 43.4 Å². The van der Waals surface area contributed by atoms with E-state index in [0.717, 1.165) is 37.5 Å². The van der Waals surface area contributed by atoms with Gasteiger partial charge in [0, 0.05) is 37.9 Å². The van der Waals surface area contributed by atoms with E-state index in [1.54, 1.807) is 0 Å². The molecule has 0 radical (unpaired) electrons. The number of hydrogen-bond donors (Lipinski definition) is 5. The van der Waals surface area contributed by atoms with Gasteiger partial charge in [-0.15, -0.1) is 0 Å². The molecular formula is C27H25F12N5O9. The van der Waals surface area contributed by atoms with Crippen LogP contribution in [0.1, 0.15) is 28.6 Å². The van der Waals surface area contributed by atoms with Crippen molar-refractivity contribution in [2.75, 3.05) is 13.2 Å². The summed E-state index contributed by atoms with van der Waals surface area (Å²) in [7, 11) is 0. The zero-order valence-electron chi connectivity index (χ0n) is 26.0. The van der Waals surface area contributed by atoms with Gasteiger partial charge in [-0.1, -0.05) is 6.07 Å². The molecule has 0 bridgehead atoms. The predicted molar refractivity (Wildman–Crippen MR) is 149 cm³/mol. The van der Waals surface area contributed by atoms with E-state index in [-0.39, 0.29) is 6.10 Å². The van der Waals surface area contributed by atoms with Crippen molar-refractivity contribution in [1.82, 2.24) is 25.1 Å². The molecular weight excluding hydrogens is 766 g/mol. The Kier molecular flexibility index (Phi) is 18.9. The fraction of sp³-hybridized carbons (Fsp3) is 0.370. The second kappa shape index (κ2) is 21.1. The van der Waals surface area contributed by atoms with Crippen LogP contribution in [0.15, 0.2) is 55.1 Å². The van der Waals surface area contributed by atoms with Gasteiger partial charge in [-0.05, 0) is 41.8 Å². The Hall–Kier alpha value is -5.53. The second-order valence-corrected chi connectivity index (χ2v) is 9.37. The summed E-state index contributed by atoms with van der Waals surface area (Å²) in [4.78, 5) is 44.0. The van der Waals surface area contributed by atoms with Crippen molar-refractivity contribution >= 4 is 23.9 Å². The minimum Gasteiger partial charge on any atom is -0.475 e. The number of rotatable bonds is 6. The first-order valence-corrected chi connectivity index (χ1v) is 13.5. The third-order valence-electron chi connectivity index (χ3n) is 5.29. The third-order valence-corrected chi connectivity index (χ3v) is 5.29. The number of pyridine rings is 2. The Morgan fingerprint density at radius 1 is 0.736 bits per heavy atom. The average molecular weight is 791 g/mol. The fourth-order valence-corrected chi connectivity index (χ4v) is 3.07. The maximum atomic E-state index is 10.6. The van der Waals surface area contributed by atoms with Gasteiger partial charge in [0.05, 0.1) is 24.5 Å². The molecule has 1 aliphatic rings. The molecule has 0 spiro atoms. The molecule has 1 atom stereocenters. The van der Waals surface area contributed by atoms with Crippen LogP contribution in [0.2, 0.25) is 0 Å². The quantitative estimate of drug-likeness (QED) is 0.215. The van der Waals surface area contributed by atoms with Gasteiger partial charge in [0.25, 0.3) is 0 Å². The summed E-state index contributed by atoms with van der Waals surface area (Å²) in [5.41, 5.74) is 4.55. The van der Waals surface area contributed by atoms with Crippen LogP contribution in [0.3, 0.4) is 0 Å². The topological polar surface area (TPSA) is 214 Å². The molecule has 1 unspecified atom stereocenters. The maximum Gasteiger partial charge on any atom is 0.490 e. The Morgan fingerprint density at radius 3 is 1.58 bits per heavy atom. The zero-order valence-corrected chi connectivity index (χ0v) is 26.0. The van der Waals surface area contributed by atoms with Gasteiger partial charge in [-0.2, -0.15) is 57.8 Å². The first-order valence-electron chi connectivity index (χ1n) is 13.5. The fourth-order valence-electron chi connectivity index (χ4n) is 3.07. The van der Waals surface area contributed by atoms with Crippen molar-refractivity contribution in [2.45, 2.75) is 50.3 Å².